The van der Waals surface area contributed by atoms with Gasteiger partial charge in [-0.15, -0.1) is 5.10 Å². The average molecular weight is 364 g/mol. The number of carbonyl (C=O) groups is 1. The van der Waals surface area contributed by atoms with E-state index >= 15 is 0 Å². The molecule has 4 aromatic rings. The zero-order valence-electron chi connectivity index (χ0n) is 15.2. The van der Waals surface area contributed by atoms with Crippen molar-refractivity contribution in [3.63, 3.8) is 0 Å². The van der Waals surface area contributed by atoms with E-state index < -0.39 is 0 Å². The number of hydrogen-bond donors (Lipinski definition) is 1. The van der Waals surface area contributed by atoms with Crippen molar-refractivity contribution >= 4 is 22.5 Å². The van der Waals surface area contributed by atoms with E-state index in [1.54, 1.807) is 24.4 Å². The normalized spacial score (nSPS) is 11.3. The van der Waals surface area contributed by atoms with Gasteiger partial charge in [-0.1, -0.05) is 18.2 Å². The minimum absolute atomic E-state index is 0.195. The summed E-state index contributed by atoms with van der Waals surface area (Å²) in [5, 5.41) is 5.29. The molecule has 7 heteroatoms. The van der Waals surface area contributed by atoms with Gasteiger partial charge < -0.3 is 9.72 Å². The summed E-state index contributed by atoms with van der Waals surface area (Å²) in [4.78, 5) is 27.9. The maximum Gasteiger partial charge on any atom is 0.350 e. The molecular formula is C20H20N4O3. The van der Waals surface area contributed by atoms with E-state index in [1.807, 2.05) is 32.0 Å². The van der Waals surface area contributed by atoms with Crippen molar-refractivity contribution in [2.24, 2.45) is 0 Å². The molecule has 7 nitrogen and oxygen atoms in total. The summed E-state index contributed by atoms with van der Waals surface area (Å²) < 4.78 is 8.29. The van der Waals surface area contributed by atoms with Gasteiger partial charge in [-0.05, 0) is 37.6 Å². The van der Waals surface area contributed by atoms with Crippen LogP contribution in [0.5, 0.6) is 0 Å². The Morgan fingerprint density at radius 1 is 1.19 bits per heavy atom. The number of aromatic nitrogens is 4. The summed E-state index contributed by atoms with van der Waals surface area (Å²) in [6.45, 7) is 4.61. The van der Waals surface area contributed by atoms with Crippen LogP contribution in [0.4, 0.5) is 0 Å². The summed E-state index contributed by atoms with van der Waals surface area (Å²) in [6, 6.07) is 11.0. The number of rotatable bonds is 5. The molecule has 0 atom stereocenters. The molecule has 1 aromatic carbocycles. The van der Waals surface area contributed by atoms with Crippen molar-refractivity contribution in [2.75, 3.05) is 6.61 Å². The lowest BCUT2D eigenvalue weighted by Crippen LogP contribution is -2.22. The van der Waals surface area contributed by atoms with Gasteiger partial charge >= 0.3 is 11.7 Å². The van der Waals surface area contributed by atoms with Crippen LogP contribution in [0.3, 0.4) is 0 Å². The molecule has 1 N–H and O–H groups in total. The van der Waals surface area contributed by atoms with Gasteiger partial charge in [0, 0.05) is 30.2 Å². The molecule has 3 heterocycles. The molecule has 0 unspecified atom stereocenters. The number of aryl methyl sites for hydroxylation is 3. The standard InChI is InChI=1S/C20H20N4O3/c1-13-14(2)21-18-15(13)7-5-8-16(18)19(25)27-12-6-11-24-20(26)23-10-4-3-9-17(23)22-24/h3-5,7-10,21H,6,11-12H2,1-2H3. The van der Waals surface area contributed by atoms with Crippen molar-refractivity contribution in [1.82, 2.24) is 19.2 Å². The number of nitrogens with one attached hydrogen (secondary N) is 1. The van der Waals surface area contributed by atoms with E-state index in [-0.39, 0.29) is 18.3 Å². The highest BCUT2D eigenvalue weighted by Crippen LogP contribution is 2.24. The quantitative estimate of drug-likeness (QED) is 0.436. The Morgan fingerprint density at radius 2 is 2.04 bits per heavy atom. The van der Waals surface area contributed by atoms with Crippen LogP contribution >= 0.6 is 0 Å². The Bertz CT molecular complexity index is 1200. The van der Waals surface area contributed by atoms with Crippen LogP contribution in [0.2, 0.25) is 0 Å². The molecule has 0 aliphatic rings. The SMILES string of the molecule is Cc1[nH]c2c(C(=O)OCCCn3nc4ccccn4c3=O)cccc2c1C. The van der Waals surface area contributed by atoms with Crippen molar-refractivity contribution in [3.8, 4) is 0 Å². The Hall–Kier alpha value is -3.35. The lowest BCUT2D eigenvalue weighted by molar-refractivity contribution is 0.0496. The number of nitrogens with zero attached hydrogens (tertiary/aromatic N) is 3. The fourth-order valence-corrected chi connectivity index (χ4v) is 3.22. The van der Waals surface area contributed by atoms with E-state index in [4.69, 9.17) is 4.74 Å². The Kier molecular flexibility index (Phi) is 4.27. The van der Waals surface area contributed by atoms with Gasteiger partial charge in [-0.25, -0.2) is 14.3 Å². The van der Waals surface area contributed by atoms with E-state index in [0.717, 1.165) is 22.2 Å². The molecule has 27 heavy (non-hydrogen) atoms. The Morgan fingerprint density at radius 3 is 2.85 bits per heavy atom. The van der Waals surface area contributed by atoms with Gasteiger partial charge in [0.05, 0.1) is 17.7 Å². The number of pyridine rings is 1. The van der Waals surface area contributed by atoms with Crippen molar-refractivity contribution in [1.29, 1.82) is 0 Å². The third-order valence-corrected chi connectivity index (χ3v) is 4.80. The predicted octanol–water partition coefficient (Wildman–Crippen LogP) is 2.84. The van der Waals surface area contributed by atoms with Gasteiger partial charge in [-0.2, -0.15) is 0 Å². The molecule has 0 aliphatic carbocycles. The van der Waals surface area contributed by atoms with E-state index in [0.29, 0.717) is 24.2 Å². The zero-order chi connectivity index (χ0) is 19.0. The third kappa shape index (κ3) is 3.01. The molecule has 0 bridgehead atoms. The topological polar surface area (TPSA) is 81.4 Å². The van der Waals surface area contributed by atoms with Gasteiger partial charge in [0.25, 0.3) is 0 Å². The number of H-pyrrole nitrogens is 1. The second-order valence-electron chi connectivity index (χ2n) is 6.53. The molecule has 0 amide bonds. The van der Waals surface area contributed by atoms with E-state index in [2.05, 4.69) is 10.1 Å². The lowest BCUT2D eigenvalue weighted by atomic mass is 10.1. The lowest BCUT2D eigenvalue weighted by Gasteiger charge is -2.06. The number of benzene rings is 1. The van der Waals surface area contributed by atoms with Crippen LogP contribution in [0, 0.1) is 13.8 Å². The first-order chi connectivity index (χ1) is 13.1. The zero-order valence-corrected chi connectivity index (χ0v) is 15.2. The Labute approximate surface area is 155 Å². The van der Waals surface area contributed by atoms with Crippen LogP contribution in [0.15, 0.2) is 47.4 Å². The van der Waals surface area contributed by atoms with Gasteiger partial charge in [-0.3, -0.25) is 4.40 Å². The first-order valence-electron chi connectivity index (χ1n) is 8.85. The number of carbonyl (C=O) groups excluding carboxylic acids is 1. The summed E-state index contributed by atoms with van der Waals surface area (Å²) in [5.41, 5.74) is 3.90. The summed E-state index contributed by atoms with van der Waals surface area (Å²) in [5.74, 6) is -0.371. The van der Waals surface area contributed by atoms with Crippen LogP contribution < -0.4 is 5.69 Å². The maximum absolute atomic E-state index is 12.5. The maximum atomic E-state index is 12.5. The molecule has 138 valence electrons. The first kappa shape index (κ1) is 17.1. The summed E-state index contributed by atoms with van der Waals surface area (Å²) >= 11 is 0. The number of hydrogen-bond acceptors (Lipinski definition) is 4. The number of aromatic amines is 1. The molecule has 0 fully saturated rings. The molecule has 3 aromatic heterocycles. The fraction of sp³-hybridized carbons (Fsp3) is 0.250. The largest absolute Gasteiger partial charge is 0.462 e. The number of esters is 1. The van der Waals surface area contributed by atoms with Crippen LogP contribution in [0.1, 0.15) is 28.0 Å². The van der Waals surface area contributed by atoms with Crippen LogP contribution in [-0.4, -0.2) is 31.7 Å². The first-order valence-corrected chi connectivity index (χ1v) is 8.85. The van der Waals surface area contributed by atoms with Gasteiger partial charge in [0.2, 0.25) is 0 Å². The molecule has 0 radical (unpaired) electrons. The second-order valence-corrected chi connectivity index (χ2v) is 6.53. The summed E-state index contributed by atoms with van der Waals surface area (Å²) in [7, 11) is 0. The highest BCUT2D eigenvalue weighted by Gasteiger charge is 2.15. The summed E-state index contributed by atoms with van der Waals surface area (Å²) in [6.07, 6.45) is 2.19. The fourth-order valence-electron chi connectivity index (χ4n) is 3.22. The second kappa shape index (κ2) is 6.75. The molecule has 0 spiro atoms. The third-order valence-electron chi connectivity index (χ3n) is 4.80. The highest BCUT2D eigenvalue weighted by atomic mass is 16.5. The van der Waals surface area contributed by atoms with E-state index in [1.165, 1.54) is 9.08 Å². The van der Waals surface area contributed by atoms with Crippen LogP contribution in [0.25, 0.3) is 16.6 Å². The predicted molar refractivity (Wildman–Crippen MR) is 102 cm³/mol. The smallest absolute Gasteiger partial charge is 0.350 e. The molecule has 0 aliphatic heterocycles. The van der Waals surface area contributed by atoms with Gasteiger partial charge in [0.1, 0.15) is 0 Å². The van der Waals surface area contributed by atoms with Crippen LogP contribution in [-0.2, 0) is 11.3 Å². The number of ether oxygens (including phenoxy) is 1. The average Bonchev–Trinajstić information content (AvgIpc) is 3.15. The van der Waals surface area contributed by atoms with E-state index in [9.17, 15) is 9.59 Å². The molecule has 4 rings (SSSR count). The monoisotopic (exact) mass is 364 g/mol. The highest BCUT2D eigenvalue weighted by molar-refractivity contribution is 6.04. The van der Waals surface area contributed by atoms with Crippen molar-refractivity contribution < 1.29 is 9.53 Å². The minimum Gasteiger partial charge on any atom is -0.462 e. The van der Waals surface area contributed by atoms with Gasteiger partial charge in [0.15, 0.2) is 5.65 Å². The van der Waals surface area contributed by atoms with Crippen molar-refractivity contribution in [2.45, 2.75) is 26.8 Å². The molecule has 0 saturated carbocycles. The molecule has 0 saturated heterocycles. The number of fused-ring (bicyclic) bond motifs is 2. The minimum atomic E-state index is -0.371. The van der Waals surface area contributed by atoms with Crippen molar-refractivity contribution in [3.05, 3.63) is 69.9 Å². The molecular weight excluding hydrogens is 344 g/mol. The number of para-hydroxylation sites is 1. The Balaban J connectivity index is 1.42.